The van der Waals surface area contributed by atoms with Gasteiger partial charge in [-0.3, -0.25) is 20.2 Å². The van der Waals surface area contributed by atoms with Crippen LogP contribution in [0.25, 0.3) is 0 Å². The van der Waals surface area contributed by atoms with Gasteiger partial charge in [0.25, 0.3) is 11.4 Å². The Hall–Kier alpha value is -3.38. The SMILES string of the molecule is CCN(c1cccc(C(F)(F)F)c1)c1c([N+](=O)[O-])cc([N+](=O)[O-])cc1C(F)(F)F. The first-order chi connectivity index (χ1) is 13.3. The van der Waals surface area contributed by atoms with Gasteiger partial charge in [-0.25, -0.2) is 0 Å². The van der Waals surface area contributed by atoms with Crippen LogP contribution in [-0.4, -0.2) is 16.4 Å². The molecule has 0 aliphatic heterocycles. The fourth-order valence-electron chi connectivity index (χ4n) is 2.67. The molecule has 0 fully saturated rings. The molecular formula is C16H11F6N3O4. The van der Waals surface area contributed by atoms with Crippen LogP contribution in [0.15, 0.2) is 36.4 Å². The standard InChI is InChI=1S/C16H11F6N3O4/c1-2-23(10-5-3-4-9(6-10)15(17,18)19)14-12(16(20,21)22)7-11(24(26)27)8-13(14)25(28)29/h3-8H,2H2,1H3. The predicted molar refractivity (Wildman–Crippen MR) is 88.9 cm³/mol. The molecule has 0 saturated carbocycles. The summed E-state index contributed by atoms with van der Waals surface area (Å²) in [4.78, 5) is 20.4. The van der Waals surface area contributed by atoms with Gasteiger partial charge in [0.2, 0.25) is 0 Å². The third kappa shape index (κ3) is 4.55. The number of rotatable bonds is 5. The maximum atomic E-state index is 13.6. The number of nitro benzene ring substituents is 2. The summed E-state index contributed by atoms with van der Waals surface area (Å²) in [7, 11) is 0. The van der Waals surface area contributed by atoms with Crippen molar-refractivity contribution in [2.24, 2.45) is 0 Å². The van der Waals surface area contributed by atoms with Crippen molar-refractivity contribution in [3.8, 4) is 0 Å². The van der Waals surface area contributed by atoms with Crippen LogP contribution in [-0.2, 0) is 12.4 Å². The molecule has 0 radical (unpaired) electrons. The minimum Gasteiger partial charge on any atom is -0.336 e. The zero-order chi connectivity index (χ0) is 22.1. The normalized spacial score (nSPS) is 12.0. The van der Waals surface area contributed by atoms with Gasteiger partial charge in [0.15, 0.2) is 0 Å². The number of anilines is 2. The third-order valence-corrected chi connectivity index (χ3v) is 3.86. The summed E-state index contributed by atoms with van der Waals surface area (Å²) in [5.41, 5.74) is -6.80. The van der Waals surface area contributed by atoms with Crippen LogP contribution in [0.5, 0.6) is 0 Å². The Labute approximate surface area is 158 Å². The molecule has 0 spiro atoms. The van der Waals surface area contributed by atoms with Crippen molar-refractivity contribution in [1.29, 1.82) is 0 Å². The van der Waals surface area contributed by atoms with Crippen LogP contribution >= 0.6 is 0 Å². The van der Waals surface area contributed by atoms with Gasteiger partial charge in [0.05, 0.1) is 27.0 Å². The van der Waals surface area contributed by atoms with Gasteiger partial charge in [-0.2, -0.15) is 26.3 Å². The first-order valence-corrected chi connectivity index (χ1v) is 7.76. The molecule has 0 saturated heterocycles. The molecule has 0 aliphatic rings. The average Bonchev–Trinajstić information content (AvgIpc) is 2.60. The monoisotopic (exact) mass is 423 g/mol. The van der Waals surface area contributed by atoms with Crippen LogP contribution in [0.3, 0.4) is 0 Å². The summed E-state index contributed by atoms with van der Waals surface area (Å²) in [5, 5.41) is 22.3. The number of benzene rings is 2. The van der Waals surface area contributed by atoms with Crippen molar-refractivity contribution in [3.63, 3.8) is 0 Å². The summed E-state index contributed by atoms with van der Waals surface area (Å²) in [5.74, 6) is 0. The van der Waals surface area contributed by atoms with Crippen molar-refractivity contribution in [3.05, 3.63) is 67.8 Å². The van der Waals surface area contributed by atoms with E-state index in [9.17, 15) is 46.6 Å². The van der Waals surface area contributed by atoms with E-state index >= 15 is 0 Å². The van der Waals surface area contributed by atoms with E-state index in [-0.39, 0.29) is 12.6 Å². The molecule has 0 aromatic heterocycles. The lowest BCUT2D eigenvalue weighted by Crippen LogP contribution is -2.23. The maximum Gasteiger partial charge on any atom is 0.418 e. The Morgan fingerprint density at radius 3 is 2.00 bits per heavy atom. The van der Waals surface area contributed by atoms with Gasteiger partial charge in [0, 0.05) is 18.3 Å². The lowest BCUT2D eigenvalue weighted by molar-refractivity contribution is -0.394. The van der Waals surface area contributed by atoms with E-state index in [0.717, 1.165) is 12.1 Å². The third-order valence-electron chi connectivity index (χ3n) is 3.86. The zero-order valence-corrected chi connectivity index (χ0v) is 14.4. The number of non-ortho nitro benzene ring substituents is 1. The molecule has 0 N–H and O–H groups in total. The van der Waals surface area contributed by atoms with Crippen molar-refractivity contribution in [1.82, 2.24) is 0 Å². The highest BCUT2D eigenvalue weighted by Crippen LogP contribution is 2.47. The Morgan fingerprint density at radius 1 is 0.931 bits per heavy atom. The molecule has 0 atom stereocenters. The minimum atomic E-state index is -5.25. The summed E-state index contributed by atoms with van der Waals surface area (Å²) in [6.07, 6.45) is -10.1. The van der Waals surface area contributed by atoms with Crippen LogP contribution in [0, 0.1) is 20.2 Å². The molecule has 0 bridgehead atoms. The van der Waals surface area contributed by atoms with Crippen molar-refractivity contribution >= 4 is 22.7 Å². The highest BCUT2D eigenvalue weighted by molar-refractivity contribution is 5.78. The molecule has 2 rings (SSSR count). The first-order valence-electron chi connectivity index (χ1n) is 7.76. The Kier molecular flexibility index (Phi) is 5.71. The number of hydrogen-bond donors (Lipinski definition) is 0. The highest BCUT2D eigenvalue weighted by Gasteiger charge is 2.42. The molecule has 0 aliphatic carbocycles. The molecule has 156 valence electrons. The minimum absolute atomic E-state index is 0.110. The molecule has 0 heterocycles. The van der Waals surface area contributed by atoms with Gasteiger partial charge >= 0.3 is 12.4 Å². The van der Waals surface area contributed by atoms with Gasteiger partial charge in [0.1, 0.15) is 5.69 Å². The second kappa shape index (κ2) is 7.56. The fourth-order valence-corrected chi connectivity index (χ4v) is 2.67. The van der Waals surface area contributed by atoms with Crippen molar-refractivity contribution in [2.45, 2.75) is 19.3 Å². The van der Waals surface area contributed by atoms with E-state index < -0.39 is 56.1 Å². The van der Waals surface area contributed by atoms with E-state index in [4.69, 9.17) is 0 Å². The average molecular weight is 423 g/mol. The maximum absolute atomic E-state index is 13.6. The van der Waals surface area contributed by atoms with Crippen molar-refractivity contribution in [2.75, 3.05) is 11.4 Å². The summed E-state index contributed by atoms with van der Waals surface area (Å²) in [6.45, 7) is 0.884. The topological polar surface area (TPSA) is 89.5 Å². The van der Waals surface area contributed by atoms with Crippen LogP contribution in [0.2, 0.25) is 0 Å². The predicted octanol–water partition coefficient (Wildman–Crippen LogP) is 5.70. The van der Waals surface area contributed by atoms with E-state index in [0.29, 0.717) is 23.1 Å². The Bertz CT molecular complexity index is 959. The van der Waals surface area contributed by atoms with Crippen LogP contribution in [0.1, 0.15) is 18.1 Å². The lowest BCUT2D eigenvalue weighted by atomic mass is 10.1. The summed E-state index contributed by atoms with van der Waals surface area (Å²) in [6, 6.07) is 3.65. The van der Waals surface area contributed by atoms with Gasteiger partial charge in [-0.15, -0.1) is 0 Å². The quantitative estimate of drug-likeness (QED) is 0.350. The number of alkyl halides is 6. The largest absolute Gasteiger partial charge is 0.418 e. The van der Waals surface area contributed by atoms with E-state index in [2.05, 4.69) is 0 Å². The first kappa shape index (κ1) is 21.9. The van der Waals surface area contributed by atoms with Crippen LogP contribution in [0.4, 0.5) is 49.1 Å². The fraction of sp³-hybridized carbons (Fsp3) is 0.250. The number of nitro groups is 2. The summed E-state index contributed by atoms with van der Waals surface area (Å²) < 4.78 is 79.6. The number of nitrogens with zero attached hydrogens (tertiary/aromatic N) is 3. The van der Waals surface area contributed by atoms with E-state index in [1.54, 1.807) is 0 Å². The number of hydrogen-bond acceptors (Lipinski definition) is 5. The molecule has 13 heteroatoms. The van der Waals surface area contributed by atoms with E-state index in [1.807, 2.05) is 0 Å². The van der Waals surface area contributed by atoms with Gasteiger partial charge in [-0.1, -0.05) is 6.07 Å². The van der Waals surface area contributed by atoms with Crippen LogP contribution < -0.4 is 4.90 Å². The smallest absolute Gasteiger partial charge is 0.336 e. The Balaban J connectivity index is 2.86. The zero-order valence-electron chi connectivity index (χ0n) is 14.4. The Morgan fingerprint density at radius 2 is 1.55 bits per heavy atom. The molecule has 2 aromatic carbocycles. The second-order valence-electron chi connectivity index (χ2n) is 5.67. The lowest BCUT2D eigenvalue weighted by Gasteiger charge is -2.26. The molecule has 29 heavy (non-hydrogen) atoms. The van der Waals surface area contributed by atoms with E-state index in [1.165, 1.54) is 6.92 Å². The van der Waals surface area contributed by atoms with Crippen molar-refractivity contribution < 1.29 is 36.2 Å². The molecule has 7 nitrogen and oxygen atoms in total. The molecule has 0 amide bonds. The van der Waals surface area contributed by atoms with Gasteiger partial charge in [-0.05, 0) is 25.1 Å². The second-order valence-corrected chi connectivity index (χ2v) is 5.67. The number of halogens is 6. The molecule has 2 aromatic rings. The molecule has 0 unspecified atom stereocenters. The summed E-state index contributed by atoms with van der Waals surface area (Å²) >= 11 is 0. The van der Waals surface area contributed by atoms with Gasteiger partial charge < -0.3 is 4.90 Å². The molecular weight excluding hydrogens is 412 g/mol. The highest BCUT2D eigenvalue weighted by atomic mass is 19.4.